The lowest BCUT2D eigenvalue weighted by Gasteiger charge is -2.02. The smallest absolute Gasteiger partial charge is 0.217 e. The Balaban J connectivity index is 2.58. The van der Waals surface area contributed by atoms with Crippen molar-refractivity contribution in [1.29, 1.82) is 0 Å². The second-order valence-electron chi connectivity index (χ2n) is 2.74. The Hall–Kier alpha value is -1.60. The first kappa shape index (κ1) is 10.5. The maximum absolute atomic E-state index is 5.29. The molecule has 1 aromatic heterocycles. The third-order valence-corrected chi connectivity index (χ3v) is 1.46. The first-order valence-electron chi connectivity index (χ1n) is 4.33. The third kappa shape index (κ3) is 3.42. The van der Waals surface area contributed by atoms with E-state index in [1.54, 1.807) is 6.07 Å². The molecule has 4 heteroatoms. The van der Waals surface area contributed by atoms with Crippen molar-refractivity contribution in [3.8, 4) is 17.7 Å². The number of nitrogens with two attached hydrogens (primary N) is 1. The first-order chi connectivity index (χ1) is 6.72. The van der Waals surface area contributed by atoms with Gasteiger partial charge in [0.05, 0.1) is 6.54 Å². The van der Waals surface area contributed by atoms with Crippen LogP contribution >= 0.6 is 0 Å². The van der Waals surface area contributed by atoms with Crippen LogP contribution in [0.5, 0.6) is 5.88 Å². The molecule has 1 heterocycles. The van der Waals surface area contributed by atoms with E-state index in [1.165, 1.54) is 0 Å². The number of aromatic nitrogens is 2. The Morgan fingerprint density at radius 2 is 2.14 bits per heavy atom. The summed E-state index contributed by atoms with van der Waals surface area (Å²) in [6, 6.07) is 1.77. The predicted molar refractivity (Wildman–Crippen MR) is 53.8 cm³/mol. The predicted octanol–water partition coefficient (Wildman–Crippen LogP) is 0.434. The molecule has 0 amide bonds. The number of nitrogens with zero attached hydrogens (tertiary/aromatic N) is 2. The number of rotatable bonds is 2. The molecule has 0 aliphatic heterocycles. The number of hydrogen-bond donors (Lipinski definition) is 1. The lowest BCUT2D eigenvalue weighted by molar-refractivity contribution is 0.353. The van der Waals surface area contributed by atoms with Gasteiger partial charge in [-0.3, -0.25) is 0 Å². The third-order valence-electron chi connectivity index (χ3n) is 1.46. The fourth-order valence-electron chi connectivity index (χ4n) is 0.990. The minimum Gasteiger partial charge on any atom is -0.464 e. The molecule has 0 saturated carbocycles. The van der Waals surface area contributed by atoms with Crippen LogP contribution in [0.4, 0.5) is 0 Å². The molecule has 4 nitrogen and oxygen atoms in total. The summed E-state index contributed by atoms with van der Waals surface area (Å²) in [5, 5.41) is 0. The lowest BCUT2D eigenvalue weighted by Crippen LogP contribution is -2.01. The first-order valence-corrected chi connectivity index (χ1v) is 4.33. The van der Waals surface area contributed by atoms with E-state index in [0.717, 1.165) is 5.69 Å². The average molecular weight is 191 g/mol. The van der Waals surface area contributed by atoms with Gasteiger partial charge >= 0.3 is 0 Å². The van der Waals surface area contributed by atoms with E-state index in [9.17, 15) is 0 Å². The van der Waals surface area contributed by atoms with E-state index >= 15 is 0 Å². The van der Waals surface area contributed by atoms with Crippen molar-refractivity contribution in [2.75, 3.05) is 13.2 Å². The van der Waals surface area contributed by atoms with Crippen molar-refractivity contribution in [1.82, 2.24) is 9.97 Å². The molecule has 0 aliphatic rings. The molecule has 0 aliphatic carbocycles. The fourth-order valence-corrected chi connectivity index (χ4v) is 0.990. The van der Waals surface area contributed by atoms with Crippen LogP contribution in [0.1, 0.15) is 11.5 Å². The summed E-state index contributed by atoms with van der Waals surface area (Å²) >= 11 is 0. The van der Waals surface area contributed by atoms with Gasteiger partial charge in [0.1, 0.15) is 5.82 Å². The normalized spacial score (nSPS) is 9.07. The summed E-state index contributed by atoms with van der Waals surface area (Å²) in [5.74, 6) is 6.73. The molecule has 14 heavy (non-hydrogen) atoms. The monoisotopic (exact) mass is 191 g/mol. The van der Waals surface area contributed by atoms with Crippen molar-refractivity contribution in [2.24, 2.45) is 5.73 Å². The van der Waals surface area contributed by atoms with Gasteiger partial charge in [0, 0.05) is 11.8 Å². The topological polar surface area (TPSA) is 61.0 Å². The second-order valence-corrected chi connectivity index (χ2v) is 2.74. The zero-order chi connectivity index (χ0) is 10.4. The number of ether oxygens (including phenoxy) is 1. The van der Waals surface area contributed by atoms with Crippen molar-refractivity contribution in [3.63, 3.8) is 0 Å². The highest BCUT2D eigenvalue weighted by molar-refractivity contribution is 5.15. The molecule has 0 fully saturated rings. The van der Waals surface area contributed by atoms with E-state index in [-0.39, 0.29) is 0 Å². The van der Waals surface area contributed by atoms with Crippen LogP contribution in [0.15, 0.2) is 6.07 Å². The minimum atomic E-state index is 0.313. The Morgan fingerprint density at radius 1 is 1.36 bits per heavy atom. The van der Waals surface area contributed by atoms with E-state index in [1.807, 2.05) is 13.8 Å². The molecule has 0 bridgehead atoms. The van der Waals surface area contributed by atoms with Gasteiger partial charge in [0.2, 0.25) is 5.88 Å². The molecule has 74 valence electrons. The van der Waals surface area contributed by atoms with E-state index in [2.05, 4.69) is 21.8 Å². The summed E-state index contributed by atoms with van der Waals surface area (Å²) in [6.45, 7) is 4.39. The standard InChI is InChI=1S/C10H13N3O/c1-8-7-10(13-9(2)12-8)14-6-4-3-5-11/h7H,5-6,11H2,1-2H3. The van der Waals surface area contributed by atoms with Crippen LogP contribution in [0.3, 0.4) is 0 Å². The van der Waals surface area contributed by atoms with Crippen molar-refractivity contribution in [3.05, 3.63) is 17.6 Å². The summed E-state index contributed by atoms with van der Waals surface area (Å²) in [4.78, 5) is 8.23. The van der Waals surface area contributed by atoms with Crippen LogP contribution < -0.4 is 10.5 Å². The Bertz CT molecular complexity index is 345. The van der Waals surface area contributed by atoms with Crippen LogP contribution in [0, 0.1) is 25.7 Å². The van der Waals surface area contributed by atoms with Crippen molar-refractivity contribution in [2.45, 2.75) is 13.8 Å². The van der Waals surface area contributed by atoms with Crippen LogP contribution in [0.2, 0.25) is 0 Å². The van der Waals surface area contributed by atoms with Crippen LogP contribution in [-0.4, -0.2) is 23.1 Å². The van der Waals surface area contributed by atoms with Gasteiger partial charge in [-0.05, 0) is 13.8 Å². The van der Waals surface area contributed by atoms with Crippen LogP contribution in [0.25, 0.3) is 0 Å². The van der Waals surface area contributed by atoms with Gasteiger partial charge in [0.15, 0.2) is 6.61 Å². The van der Waals surface area contributed by atoms with Gasteiger partial charge in [0.25, 0.3) is 0 Å². The van der Waals surface area contributed by atoms with Crippen LogP contribution in [-0.2, 0) is 0 Å². The summed E-state index contributed by atoms with van der Waals surface area (Å²) in [6.07, 6.45) is 0. The largest absolute Gasteiger partial charge is 0.464 e. The fraction of sp³-hybridized carbons (Fsp3) is 0.400. The summed E-state index contributed by atoms with van der Waals surface area (Å²) < 4.78 is 5.29. The lowest BCUT2D eigenvalue weighted by atomic mass is 10.4. The molecule has 0 atom stereocenters. The van der Waals surface area contributed by atoms with E-state index < -0.39 is 0 Å². The number of aryl methyl sites for hydroxylation is 2. The molecule has 2 N–H and O–H groups in total. The molecule has 1 aromatic rings. The quantitative estimate of drug-likeness (QED) is 0.689. The summed E-state index contributed by atoms with van der Waals surface area (Å²) in [5.41, 5.74) is 6.09. The average Bonchev–Trinajstić information content (AvgIpc) is 2.11. The molecular formula is C10H13N3O. The molecule has 0 aromatic carbocycles. The van der Waals surface area contributed by atoms with E-state index in [4.69, 9.17) is 10.5 Å². The van der Waals surface area contributed by atoms with Gasteiger partial charge in [-0.1, -0.05) is 11.8 Å². The zero-order valence-corrected chi connectivity index (χ0v) is 8.37. The zero-order valence-electron chi connectivity index (χ0n) is 8.37. The van der Waals surface area contributed by atoms with Gasteiger partial charge in [-0.15, -0.1) is 0 Å². The molecule has 0 radical (unpaired) electrons. The minimum absolute atomic E-state index is 0.313. The Kier molecular flexibility index (Phi) is 3.89. The molecule has 1 rings (SSSR count). The van der Waals surface area contributed by atoms with Crippen molar-refractivity contribution < 1.29 is 4.74 Å². The molecular weight excluding hydrogens is 178 g/mol. The Labute approximate surface area is 83.5 Å². The highest BCUT2D eigenvalue weighted by Crippen LogP contribution is 2.07. The molecule has 0 saturated heterocycles. The highest BCUT2D eigenvalue weighted by atomic mass is 16.5. The SMILES string of the molecule is Cc1cc(OCC#CCN)nc(C)n1. The second kappa shape index (κ2) is 5.20. The molecule has 0 unspecified atom stereocenters. The van der Waals surface area contributed by atoms with Crippen molar-refractivity contribution >= 4 is 0 Å². The van der Waals surface area contributed by atoms with Gasteiger partial charge in [-0.25, -0.2) is 4.98 Å². The van der Waals surface area contributed by atoms with Gasteiger partial charge in [-0.2, -0.15) is 4.98 Å². The highest BCUT2D eigenvalue weighted by Gasteiger charge is 1.97. The summed E-state index contributed by atoms with van der Waals surface area (Å²) in [7, 11) is 0. The van der Waals surface area contributed by atoms with E-state index in [0.29, 0.717) is 24.9 Å². The van der Waals surface area contributed by atoms with Gasteiger partial charge < -0.3 is 10.5 Å². The maximum atomic E-state index is 5.29. The maximum Gasteiger partial charge on any atom is 0.217 e. The number of hydrogen-bond acceptors (Lipinski definition) is 4. The molecule has 0 spiro atoms. The Morgan fingerprint density at radius 3 is 2.79 bits per heavy atom.